The number of benzene rings is 4. The van der Waals surface area contributed by atoms with Crippen molar-refractivity contribution >= 4 is 28.7 Å². The quantitative estimate of drug-likeness (QED) is 0.222. The highest BCUT2D eigenvalue weighted by molar-refractivity contribution is 5.96. The Labute approximate surface area is 221 Å². The van der Waals surface area contributed by atoms with Gasteiger partial charge in [-0.15, -0.1) is 0 Å². The average molecular weight is 502 g/mol. The number of rotatable bonds is 8. The fourth-order valence-electron chi connectivity index (χ4n) is 4.35. The summed E-state index contributed by atoms with van der Waals surface area (Å²) in [5.41, 5.74) is 4.30. The standard InChI is InChI=1S/C32H27N3O3/c1-38-32(37)29(20-23-10-4-2-5-11-23)33-30(36)19-18-27-22-35(28-14-6-3-7-15-28)34-31(27)26-17-16-24-12-8-9-13-25(24)21-26/h2-19,21-22,29H,20H2,1H3,(H,33,36)/b19-18+/t29-/m1/s1. The Bertz CT molecular complexity index is 1590. The third-order valence-corrected chi connectivity index (χ3v) is 6.29. The number of ether oxygens (including phenoxy) is 1. The van der Waals surface area contributed by atoms with E-state index >= 15 is 0 Å². The third kappa shape index (κ3) is 5.71. The first-order valence-electron chi connectivity index (χ1n) is 12.4. The first kappa shape index (κ1) is 24.7. The van der Waals surface area contributed by atoms with Crippen LogP contribution in [0.4, 0.5) is 0 Å². The number of carbonyl (C=O) groups is 2. The summed E-state index contributed by atoms with van der Waals surface area (Å²) in [4.78, 5) is 25.3. The van der Waals surface area contributed by atoms with Crippen LogP contribution < -0.4 is 5.32 Å². The third-order valence-electron chi connectivity index (χ3n) is 6.29. The van der Waals surface area contributed by atoms with Crippen molar-refractivity contribution in [1.29, 1.82) is 0 Å². The molecule has 0 saturated heterocycles. The monoisotopic (exact) mass is 501 g/mol. The summed E-state index contributed by atoms with van der Waals surface area (Å²) in [6.45, 7) is 0. The van der Waals surface area contributed by atoms with Crippen molar-refractivity contribution < 1.29 is 14.3 Å². The van der Waals surface area contributed by atoms with Crippen molar-refractivity contribution in [3.05, 3.63) is 127 Å². The van der Waals surface area contributed by atoms with E-state index in [1.165, 1.54) is 13.2 Å². The van der Waals surface area contributed by atoms with E-state index in [1.54, 1.807) is 10.8 Å². The van der Waals surface area contributed by atoms with Gasteiger partial charge in [0.15, 0.2) is 0 Å². The van der Waals surface area contributed by atoms with Crippen molar-refractivity contribution in [1.82, 2.24) is 15.1 Å². The molecule has 0 bridgehead atoms. The predicted octanol–water partition coefficient (Wildman–Crippen LogP) is 5.61. The van der Waals surface area contributed by atoms with Gasteiger partial charge in [-0.2, -0.15) is 5.10 Å². The molecule has 1 amide bonds. The summed E-state index contributed by atoms with van der Waals surface area (Å²) in [5, 5.41) is 9.88. The van der Waals surface area contributed by atoms with Crippen LogP contribution in [-0.4, -0.2) is 34.8 Å². The maximum atomic E-state index is 12.9. The minimum absolute atomic E-state index is 0.335. The normalized spacial score (nSPS) is 11.9. The number of fused-ring (bicyclic) bond motifs is 1. The van der Waals surface area contributed by atoms with Gasteiger partial charge < -0.3 is 10.1 Å². The highest BCUT2D eigenvalue weighted by Gasteiger charge is 2.21. The lowest BCUT2D eigenvalue weighted by Gasteiger charge is -2.15. The van der Waals surface area contributed by atoms with E-state index in [9.17, 15) is 9.59 Å². The molecule has 0 aliphatic rings. The van der Waals surface area contributed by atoms with Crippen LogP contribution in [0, 0.1) is 0 Å². The molecule has 5 rings (SSSR count). The van der Waals surface area contributed by atoms with E-state index in [0.29, 0.717) is 6.42 Å². The maximum absolute atomic E-state index is 12.9. The van der Waals surface area contributed by atoms with Gasteiger partial charge in [0.25, 0.3) is 0 Å². The van der Waals surface area contributed by atoms with Crippen LogP contribution in [0.2, 0.25) is 0 Å². The number of aromatic nitrogens is 2. The number of para-hydroxylation sites is 1. The van der Waals surface area contributed by atoms with E-state index < -0.39 is 17.9 Å². The Kier molecular flexibility index (Phi) is 7.41. The first-order valence-corrected chi connectivity index (χ1v) is 12.4. The Hall–Kier alpha value is -4.97. The summed E-state index contributed by atoms with van der Waals surface area (Å²) >= 11 is 0. The zero-order valence-corrected chi connectivity index (χ0v) is 21.0. The van der Waals surface area contributed by atoms with E-state index in [2.05, 4.69) is 29.6 Å². The van der Waals surface area contributed by atoms with Gasteiger partial charge in [0, 0.05) is 29.8 Å². The van der Waals surface area contributed by atoms with E-state index in [4.69, 9.17) is 9.84 Å². The molecule has 0 unspecified atom stereocenters. The highest BCUT2D eigenvalue weighted by Crippen LogP contribution is 2.28. The van der Waals surface area contributed by atoms with Gasteiger partial charge in [-0.05, 0) is 40.6 Å². The molecule has 38 heavy (non-hydrogen) atoms. The molecule has 0 fully saturated rings. The minimum Gasteiger partial charge on any atom is -0.467 e. The average Bonchev–Trinajstić information content (AvgIpc) is 3.40. The zero-order valence-electron chi connectivity index (χ0n) is 21.0. The number of carbonyl (C=O) groups excluding carboxylic acids is 2. The SMILES string of the molecule is COC(=O)[C@@H](Cc1ccccc1)NC(=O)/C=C/c1cn(-c2ccccc2)nc1-c1ccc2ccccc2c1. The number of methoxy groups -OCH3 is 1. The second-order valence-electron chi connectivity index (χ2n) is 8.88. The molecule has 6 heteroatoms. The van der Waals surface area contributed by atoms with Crippen LogP contribution >= 0.6 is 0 Å². The van der Waals surface area contributed by atoms with Crippen LogP contribution in [0.3, 0.4) is 0 Å². The molecule has 1 atom stereocenters. The molecule has 0 spiro atoms. The molecule has 1 heterocycles. The van der Waals surface area contributed by atoms with Crippen molar-refractivity contribution in [3.63, 3.8) is 0 Å². The van der Waals surface area contributed by atoms with Gasteiger partial charge in [0.2, 0.25) is 5.91 Å². The first-order chi connectivity index (χ1) is 18.6. The van der Waals surface area contributed by atoms with E-state index in [0.717, 1.165) is 38.8 Å². The van der Waals surface area contributed by atoms with Gasteiger partial charge >= 0.3 is 5.97 Å². The molecule has 5 aromatic rings. The van der Waals surface area contributed by atoms with Crippen LogP contribution in [0.1, 0.15) is 11.1 Å². The van der Waals surface area contributed by atoms with Gasteiger partial charge in [0.1, 0.15) is 6.04 Å². The lowest BCUT2D eigenvalue weighted by atomic mass is 10.0. The predicted molar refractivity (Wildman–Crippen MR) is 150 cm³/mol. The number of hydrogen-bond acceptors (Lipinski definition) is 4. The summed E-state index contributed by atoms with van der Waals surface area (Å²) < 4.78 is 6.72. The summed E-state index contributed by atoms with van der Waals surface area (Å²) in [5.74, 6) is -0.891. The molecule has 0 aliphatic heterocycles. The fraction of sp³-hybridized carbons (Fsp3) is 0.0938. The summed E-state index contributed by atoms with van der Waals surface area (Å²) in [6, 6.07) is 32.9. The van der Waals surface area contributed by atoms with Crippen LogP contribution in [0.15, 0.2) is 115 Å². The topological polar surface area (TPSA) is 73.2 Å². The van der Waals surface area contributed by atoms with Gasteiger partial charge in [-0.3, -0.25) is 4.79 Å². The van der Waals surface area contributed by atoms with Crippen molar-refractivity contribution in [2.45, 2.75) is 12.5 Å². The van der Waals surface area contributed by atoms with E-state index in [1.807, 2.05) is 85.1 Å². The van der Waals surface area contributed by atoms with Gasteiger partial charge in [0.05, 0.1) is 18.5 Å². The lowest BCUT2D eigenvalue weighted by molar-refractivity contribution is -0.144. The molecule has 6 nitrogen and oxygen atoms in total. The number of amides is 1. The second-order valence-corrected chi connectivity index (χ2v) is 8.88. The molecule has 0 aliphatic carbocycles. The van der Waals surface area contributed by atoms with Crippen molar-refractivity contribution in [3.8, 4) is 16.9 Å². The second kappa shape index (κ2) is 11.4. The highest BCUT2D eigenvalue weighted by atomic mass is 16.5. The minimum atomic E-state index is -0.799. The molecule has 188 valence electrons. The molecule has 1 N–H and O–H groups in total. The van der Waals surface area contributed by atoms with Crippen molar-refractivity contribution in [2.75, 3.05) is 7.11 Å². The molecule has 1 aromatic heterocycles. The van der Waals surface area contributed by atoms with Gasteiger partial charge in [-0.25, -0.2) is 9.48 Å². The Balaban J connectivity index is 1.44. The number of esters is 1. The van der Waals surface area contributed by atoms with Gasteiger partial charge in [-0.1, -0.05) is 84.9 Å². The van der Waals surface area contributed by atoms with Crippen LogP contribution in [0.25, 0.3) is 33.8 Å². The Morgan fingerprint density at radius 2 is 1.58 bits per heavy atom. The van der Waals surface area contributed by atoms with Crippen LogP contribution in [0.5, 0.6) is 0 Å². The summed E-state index contributed by atoms with van der Waals surface area (Å²) in [6.07, 6.45) is 5.38. The molecule has 0 radical (unpaired) electrons. The molecular formula is C32H27N3O3. The maximum Gasteiger partial charge on any atom is 0.328 e. The van der Waals surface area contributed by atoms with E-state index in [-0.39, 0.29) is 0 Å². The molecule has 4 aromatic carbocycles. The Morgan fingerprint density at radius 3 is 2.32 bits per heavy atom. The zero-order chi connectivity index (χ0) is 26.3. The molecular weight excluding hydrogens is 474 g/mol. The fourth-order valence-corrected chi connectivity index (χ4v) is 4.35. The smallest absolute Gasteiger partial charge is 0.328 e. The number of nitrogens with one attached hydrogen (secondary N) is 1. The number of hydrogen-bond donors (Lipinski definition) is 1. The molecule has 0 saturated carbocycles. The summed E-state index contributed by atoms with van der Waals surface area (Å²) in [7, 11) is 1.32. The van der Waals surface area contributed by atoms with Crippen LogP contribution in [-0.2, 0) is 20.7 Å². The lowest BCUT2D eigenvalue weighted by Crippen LogP contribution is -2.42. The largest absolute Gasteiger partial charge is 0.467 e. The van der Waals surface area contributed by atoms with Crippen molar-refractivity contribution in [2.24, 2.45) is 0 Å². The number of nitrogens with zero attached hydrogens (tertiary/aromatic N) is 2. The Morgan fingerprint density at radius 1 is 0.895 bits per heavy atom.